The zero-order valence-corrected chi connectivity index (χ0v) is 16.4. The van der Waals surface area contributed by atoms with E-state index in [4.69, 9.17) is 0 Å². The molecule has 0 bridgehead atoms. The Morgan fingerprint density at radius 1 is 0.750 bits per heavy atom. The molecule has 0 fully saturated rings. The predicted molar refractivity (Wildman–Crippen MR) is 112 cm³/mol. The van der Waals surface area contributed by atoms with Crippen molar-refractivity contribution in [3.63, 3.8) is 0 Å². The molecule has 2 aromatic rings. The van der Waals surface area contributed by atoms with E-state index in [9.17, 15) is 0 Å². The molecule has 2 aromatic carbocycles. The van der Waals surface area contributed by atoms with Crippen LogP contribution in [0.4, 0.5) is 5.69 Å². The van der Waals surface area contributed by atoms with Crippen LogP contribution in [0.2, 0.25) is 0 Å². The summed E-state index contributed by atoms with van der Waals surface area (Å²) in [6.45, 7) is 6.83. The quantitative estimate of drug-likeness (QED) is 0.418. The molecule has 0 aliphatic heterocycles. The van der Waals surface area contributed by atoms with E-state index in [1.165, 1.54) is 42.5 Å². The first-order chi connectivity index (χ1) is 11.7. The maximum Gasteiger partial charge on any atom is 0.0366 e. The molecule has 0 atom stereocenters. The lowest BCUT2D eigenvalue weighted by atomic mass is 10.1. The molecule has 0 saturated heterocycles. The summed E-state index contributed by atoms with van der Waals surface area (Å²) < 4.78 is 1.11. The van der Waals surface area contributed by atoms with Crippen LogP contribution in [0.15, 0.2) is 53.0 Å². The van der Waals surface area contributed by atoms with Crippen molar-refractivity contribution >= 4 is 33.8 Å². The molecule has 0 radical (unpaired) electrons. The Bertz CT molecular complexity index is 605. The summed E-state index contributed by atoms with van der Waals surface area (Å²) in [4.78, 5) is 2.52. The second kappa shape index (κ2) is 10.4. The molecule has 128 valence electrons. The van der Waals surface area contributed by atoms with Crippen molar-refractivity contribution in [3.05, 3.63) is 64.1 Å². The SMILES string of the molecule is CCCCN(CCCC)c1ccc(C=Cc2ccc(Br)cc2)cc1. The Balaban J connectivity index is 2.03. The van der Waals surface area contributed by atoms with Gasteiger partial charge in [0.25, 0.3) is 0 Å². The Labute approximate surface area is 155 Å². The van der Waals surface area contributed by atoms with Crippen molar-refractivity contribution in [1.82, 2.24) is 0 Å². The third kappa shape index (κ3) is 6.16. The molecule has 0 aromatic heterocycles. The standard InChI is InChI=1S/C22H28BrN/c1-3-5-17-24(18-6-4-2)22-15-11-20(12-16-22)8-7-19-9-13-21(23)14-10-19/h7-16H,3-6,17-18H2,1-2H3. The van der Waals surface area contributed by atoms with E-state index < -0.39 is 0 Å². The summed E-state index contributed by atoms with van der Waals surface area (Å²) in [5.74, 6) is 0. The lowest BCUT2D eigenvalue weighted by molar-refractivity contribution is 0.678. The molecule has 2 heteroatoms. The fraction of sp³-hybridized carbons (Fsp3) is 0.364. The Morgan fingerprint density at radius 3 is 1.67 bits per heavy atom. The van der Waals surface area contributed by atoms with Crippen molar-refractivity contribution in [3.8, 4) is 0 Å². The summed E-state index contributed by atoms with van der Waals surface area (Å²) in [6.07, 6.45) is 9.35. The van der Waals surface area contributed by atoms with Crippen molar-refractivity contribution in [2.24, 2.45) is 0 Å². The molecule has 0 unspecified atom stereocenters. The molecule has 0 N–H and O–H groups in total. The molecule has 2 rings (SSSR count). The van der Waals surface area contributed by atoms with Gasteiger partial charge in [0.15, 0.2) is 0 Å². The lowest BCUT2D eigenvalue weighted by Gasteiger charge is -2.24. The molecule has 0 aliphatic rings. The number of benzene rings is 2. The summed E-state index contributed by atoms with van der Waals surface area (Å²) in [5, 5.41) is 0. The van der Waals surface area contributed by atoms with Gasteiger partial charge in [0, 0.05) is 23.2 Å². The highest BCUT2D eigenvalue weighted by atomic mass is 79.9. The third-order valence-electron chi connectivity index (χ3n) is 4.16. The number of anilines is 1. The van der Waals surface area contributed by atoms with Crippen LogP contribution in [0.5, 0.6) is 0 Å². The van der Waals surface area contributed by atoms with Crippen molar-refractivity contribution in [1.29, 1.82) is 0 Å². The van der Waals surface area contributed by atoms with Gasteiger partial charge in [-0.25, -0.2) is 0 Å². The monoisotopic (exact) mass is 385 g/mol. The molecule has 24 heavy (non-hydrogen) atoms. The van der Waals surface area contributed by atoms with Crippen LogP contribution >= 0.6 is 15.9 Å². The van der Waals surface area contributed by atoms with Gasteiger partial charge in [-0.3, -0.25) is 0 Å². The van der Waals surface area contributed by atoms with E-state index in [2.05, 4.69) is 95.4 Å². The summed E-state index contributed by atoms with van der Waals surface area (Å²) in [7, 11) is 0. The number of hydrogen-bond donors (Lipinski definition) is 0. The zero-order chi connectivity index (χ0) is 17.2. The maximum absolute atomic E-state index is 3.47. The number of rotatable bonds is 9. The van der Waals surface area contributed by atoms with Gasteiger partial charge in [-0.2, -0.15) is 0 Å². The number of unbranched alkanes of at least 4 members (excludes halogenated alkanes) is 2. The minimum absolute atomic E-state index is 1.11. The smallest absolute Gasteiger partial charge is 0.0366 e. The van der Waals surface area contributed by atoms with Crippen LogP contribution in [0, 0.1) is 0 Å². The van der Waals surface area contributed by atoms with E-state index in [1.54, 1.807) is 0 Å². The van der Waals surface area contributed by atoms with Crippen LogP contribution in [0.1, 0.15) is 50.7 Å². The van der Waals surface area contributed by atoms with Gasteiger partial charge in [0.05, 0.1) is 0 Å². The first kappa shape index (κ1) is 18.8. The number of hydrogen-bond acceptors (Lipinski definition) is 1. The van der Waals surface area contributed by atoms with Crippen LogP contribution in [-0.4, -0.2) is 13.1 Å². The van der Waals surface area contributed by atoms with E-state index in [0.29, 0.717) is 0 Å². The highest BCUT2D eigenvalue weighted by Gasteiger charge is 2.05. The molecular formula is C22H28BrN. The minimum Gasteiger partial charge on any atom is -0.372 e. The largest absolute Gasteiger partial charge is 0.372 e. The average molecular weight is 386 g/mol. The van der Waals surface area contributed by atoms with Gasteiger partial charge in [0.1, 0.15) is 0 Å². The van der Waals surface area contributed by atoms with Gasteiger partial charge in [0.2, 0.25) is 0 Å². The maximum atomic E-state index is 3.47. The first-order valence-corrected chi connectivity index (χ1v) is 9.81. The molecule has 0 saturated carbocycles. The molecule has 0 amide bonds. The Hall–Kier alpha value is -1.54. The predicted octanol–water partition coefficient (Wildman–Crippen LogP) is 7.03. The van der Waals surface area contributed by atoms with Crippen LogP contribution < -0.4 is 4.90 Å². The van der Waals surface area contributed by atoms with E-state index in [1.807, 2.05) is 0 Å². The number of nitrogens with zero attached hydrogens (tertiary/aromatic N) is 1. The van der Waals surface area contributed by atoms with Gasteiger partial charge in [-0.15, -0.1) is 0 Å². The molecule has 0 heterocycles. The molecule has 1 nitrogen and oxygen atoms in total. The van der Waals surface area contributed by atoms with E-state index >= 15 is 0 Å². The van der Waals surface area contributed by atoms with Crippen molar-refractivity contribution in [2.45, 2.75) is 39.5 Å². The van der Waals surface area contributed by atoms with Gasteiger partial charge >= 0.3 is 0 Å². The topological polar surface area (TPSA) is 3.24 Å². The molecule has 0 aliphatic carbocycles. The second-order valence-electron chi connectivity index (χ2n) is 6.17. The number of halogens is 1. The average Bonchev–Trinajstić information content (AvgIpc) is 2.62. The van der Waals surface area contributed by atoms with Gasteiger partial charge in [-0.1, -0.05) is 79.0 Å². The summed E-state index contributed by atoms with van der Waals surface area (Å²) >= 11 is 3.47. The van der Waals surface area contributed by atoms with E-state index in [0.717, 1.165) is 17.6 Å². The summed E-state index contributed by atoms with van der Waals surface area (Å²) in [6, 6.07) is 17.3. The van der Waals surface area contributed by atoms with Crippen molar-refractivity contribution < 1.29 is 0 Å². The van der Waals surface area contributed by atoms with Crippen LogP contribution in [0.25, 0.3) is 12.2 Å². The van der Waals surface area contributed by atoms with Crippen molar-refractivity contribution in [2.75, 3.05) is 18.0 Å². The van der Waals surface area contributed by atoms with Crippen LogP contribution in [-0.2, 0) is 0 Å². The zero-order valence-electron chi connectivity index (χ0n) is 14.8. The molecular weight excluding hydrogens is 358 g/mol. The Morgan fingerprint density at radius 2 is 1.21 bits per heavy atom. The fourth-order valence-corrected chi connectivity index (χ4v) is 2.89. The minimum atomic E-state index is 1.11. The van der Waals surface area contributed by atoms with Gasteiger partial charge in [-0.05, 0) is 48.2 Å². The normalized spacial score (nSPS) is 11.1. The molecule has 0 spiro atoms. The van der Waals surface area contributed by atoms with E-state index in [-0.39, 0.29) is 0 Å². The fourth-order valence-electron chi connectivity index (χ4n) is 2.63. The summed E-state index contributed by atoms with van der Waals surface area (Å²) in [5.41, 5.74) is 3.81. The lowest BCUT2D eigenvalue weighted by Crippen LogP contribution is -2.25. The first-order valence-electron chi connectivity index (χ1n) is 9.01. The Kier molecular flexibility index (Phi) is 8.11. The van der Waals surface area contributed by atoms with Gasteiger partial charge < -0.3 is 4.90 Å². The highest BCUT2D eigenvalue weighted by molar-refractivity contribution is 9.10. The highest BCUT2D eigenvalue weighted by Crippen LogP contribution is 2.19. The van der Waals surface area contributed by atoms with Crippen LogP contribution in [0.3, 0.4) is 0 Å². The second-order valence-corrected chi connectivity index (χ2v) is 7.09. The third-order valence-corrected chi connectivity index (χ3v) is 4.69.